The lowest BCUT2D eigenvalue weighted by molar-refractivity contribution is -0.192. The number of likely N-dealkylation sites (tertiary alicyclic amines) is 1. The first-order valence-electron chi connectivity index (χ1n) is 9.25. The third-order valence-electron chi connectivity index (χ3n) is 4.16. The maximum atomic E-state index is 10.7. The zero-order valence-corrected chi connectivity index (χ0v) is 16.2. The Labute approximate surface area is 166 Å². The number of urea groups is 1. The van der Waals surface area contributed by atoms with Crippen molar-refractivity contribution in [1.29, 1.82) is 0 Å². The Hall–Kier alpha value is -2.63. The number of hydrogen-bond donors (Lipinski definition) is 3. The standard InChI is InChI=1S/C15H26N6O.C2HF3O2/c1-2-3-4-5-8-20-9-6-14(7-10-20)21-12-13(18-19-21)11-17-15(16)22;3-2(4,5)1(6)7/h4-5,12,14H,2-3,6-11H2,1H3,(H3,16,17,22);(H,6,7). The molecule has 12 heteroatoms. The summed E-state index contributed by atoms with van der Waals surface area (Å²) in [4.78, 5) is 22.1. The van der Waals surface area contributed by atoms with Gasteiger partial charge < -0.3 is 16.2 Å². The van der Waals surface area contributed by atoms with Gasteiger partial charge in [0.1, 0.15) is 5.69 Å². The van der Waals surface area contributed by atoms with Crippen molar-refractivity contribution in [2.75, 3.05) is 19.6 Å². The number of rotatable bonds is 7. The van der Waals surface area contributed by atoms with E-state index in [0.29, 0.717) is 12.6 Å². The number of allylic oxidation sites excluding steroid dienone is 1. The van der Waals surface area contributed by atoms with E-state index in [0.717, 1.165) is 44.6 Å². The van der Waals surface area contributed by atoms with Gasteiger partial charge in [0.15, 0.2) is 0 Å². The Balaban J connectivity index is 0.000000516. The molecule has 1 aliphatic heterocycles. The molecule has 0 aromatic carbocycles. The minimum Gasteiger partial charge on any atom is -0.475 e. The first kappa shape index (κ1) is 24.4. The number of aliphatic carboxylic acids is 1. The highest BCUT2D eigenvalue weighted by Crippen LogP contribution is 2.21. The number of carboxylic acid groups (broad SMARTS) is 1. The number of nitrogens with two attached hydrogens (primary N) is 1. The number of carbonyl (C=O) groups is 2. The highest BCUT2D eigenvalue weighted by atomic mass is 19.4. The number of carboxylic acids is 1. The van der Waals surface area contributed by atoms with E-state index in [9.17, 15) is 18.0 Å². The normalized spacial score (nSPS) is 15.7. The van der Waals surface area contributed by atoms with Gasteiger partial charge in [-0.25, -0.2) is 14.3 Å². The monoisotopic (exact) mass is 420 g/mol. The molecule has 9 nitrogen and oxygen atoms in total. The summed E-state index contributed by atoms with van der Waals surface area (Å²) in [7, 11) is 0. The van der Waals surface area contributed by atoms with E-state index in [2.05, 4.69) is 39.6 Å². The highest BCUT2D eigenvalue weighted by molar-refractivity contribution is 5.73. The number of aromatic nitrogens is 3. The topological polar surface area (TPSA) is 126 Å². The van der Waals surface area contributed by atoms with E-state index in [-0.39, 0.29) is 0 Å². The van der Waals surface area contributed by atoms with Crippen LogP contribution in [0.15, 0.2) is 18.3 Å². The third-order valence-corrected chi connectivity index (χ3v) is 4.16. The number of hydrogen-bond acceptors (Lipinski definition) is 5. The van der Waals surface area contributed by atoms with Gasteiger partial charge in [-0.3, -0.25) is 4.90 Å². The van der Waals surface area contributed by atoms with Crippen molar-refractivity contribution in [3.63, 3.8) is 0 Å². The van der Waals surface area contributed by atoms with E-state index in [4.69, 9.17) is 15.6 Å². The Morgan fingerprint density at radius 3 is 2.48 bits per heavy atom. The molecule has 1 aliphatic rings. The summed E-state index contributed by atoms with van der Waals surface area (Å²) < 4.78 is 33.7. The van der Waals surface area contributed by atoms with Gasteiger partial charge >= 0.3 is 18.2 Å². The molecule has 4 N–H and O–H groups in total. The minimum atomic E-state index is -5.08. The first-order valence-corrected chi connectivity index (χ1v) is 9.25. The first-order chi connectivity index (χ1) is 13.6. The lowest BCUT2D eigenvalue weighted by Gasteiger charge is -2.30. The van der Waals surface area contributed by atoms with E-state index < -0.39 is 18.2 Å². The maximum Gasteiger partial charge on any atom is 0.490 e. The molecule has 1 fully saturated rings. The van der Waals surface area contributed by atoms with Gasteiger partial charge in [0.2, 0.25) is 0 Å². The quantitative estimate of drug-likeness (QED) is 0.580. The van der Waals surface area contributed by atoms with Crippen molar-refractivity contribution in [2.45, 2.75) is 51.4 Å². The number of alkyl halides is 3. The van der Waals surface area contributed by atoms with Gasteiger partial charge in [-0.2, -0.15) is 13.2 Å². The lowest BCUT2D eigenvalue weighted by atomic mass is 10.1. The van der Waals surface area contributed by atoms with Crippen LogP contribution in [0.25, 0.3) is 0 Å². The van der Waals surface area contributed by atoms with Gasteiger partial charge in [0.25, 0.3) is 0 Å². The molecule has 1 aromatic heterocycles. The molecule has 2 heterocycles. The van der Waals surface area contributed by atoms with Crippen molar-refractivity contribution in [2.24, 2.45) is 5.73 Å². The Bertz CT molecular complexity index is 670. The molecular formula is C17H27F3N6O3. The summed E-state index contributed by atoms with van der Waals surface area (Å²) in [6.07, 6.45) is 5.88. The summed E-state index contributed by atoms with van der Waals surface area (Å²) >= 11 is 0. The molecule has 29 heavy (non-hydrogen) atoms. The second-order valence-electron chi connectivity index (χ2n) is 6.50. The Kier molecular flexibility index (Phi) is 10.1. The molecule has 1 aromatic rings. The van der Waals surface area contributed by atoms with Crippen LogP contribution in [-0.2, 0) is 11.3 Å². The highest BCUT2D eigenvalue weighted by Gasteiger charge is 2.38. The number of halogens is 3. The lowest BCUT2D eigenvalue weighted by Crippen LogP contribution is -2.34. The van der Waals surface area contributed by atoms with Gasteiger partial charge in [-0.15, -0.1) is 5.10 Å². The van der Waals surface area contributed by atoms with Crippen LogP contribution in [0.3, 0.4) is 0 Å². The number of carbonyl (C=O) groups excluding carboxylic acids is 1. The average molecular weight is 420 g/mol. The molecule has 0 unspecified atom stereocenters. The fraction of sp³-hybridized carbons (Fsp3) is 0.647. The summed E-state index contributed by atoms with van der Waals surface area (Å²) in [5, 5.41) is 17.9. The van der Waals surface area contributed by atoms with Crippen LogP contribution < -0.4 is 11.1 Å². The number of primary amides is 1. The van der Waals surface area contributed by atoms with E-state index in [1.807, 2.05) is 10.9 Å². The largest absolute Gasteiger partial charge is 0.490 e. The molecule has 1 saturated heterocycles. The SMILES string of the molecule is CCCC=CCN1CCC(n2cc(CNC(N)=O)nn2)CC1.O=C(O)C(F)(F)F. The maximum absolute atomic E-state index is 10.7. The van der Waals surface area contributed by atoms with Crippen molar-refractivity contribution in [3.8, 4) is 0 Å². The molecule has 0 aliphatic carbocycles. The van der Waals surface area contributed by atoms with E-state index in [1.165, 1.54) is 6.42 Å². The molecule has 0 radical (unpaired) electrons. The summed E-state index contributed by atoms with van der Waals surface area (Å²) in [5.74, 6) is -2.76. The number of amides is 2. The van der Waals surface area contributed by atoms with Crippen LogP contribution in [0, 0.1) is 0 Å². The zero-order valence-electron chi connectivity index (χ0n) is 16.2. The van der Waals surface area contributed by atoms with Gasteiger partial charge in [-0.05, 0) is 19.3 Å². The molecule has 164 valence electrons. The number of nitrogens with zero attached hydrogens (tertiary/aromatic N) is 4. The molecular weight excluding hydrogens is 393 g/mol. The van der Waals surface area contributed by atoms with Crippen LogP contribution in [0.5, 0.6) is 0 Å². The molecule has 0 atom stereocenters. The van der Waals surface area contributed by atoms with Crippen LogP contribution in [0.2, 0.25) is 0 Å². The summed E-state index contributed by atoms with van der Waals surface area (Å²) in [5.41, 5.74) is 5.79. The predicted octanol–water partition coefficient (Wildman–Crippen LogP) is 2.07. The van der Waals surface area contributed by atoms with Crippen LogP contribution in [0.1, 0.15) is 44.3 Å². The fourth-order valence-corrected chi connectivity index (χ4v) is 2.63. The van der Waals surface area contributed by atoms with Crippen molar-refractivity contribution in [1.82, 2.24) is 25.2 Å². The summed E-state index contributed by atoms with van der Waals surface area (Å²) in [6, 6.07) is -0.148. The second kappa shape index (κ2) is 12.0. The number of unbranched alkanes of at least 4 members (excludes halogenated alkanes) is 1. The van der Waals surface area contributed by atoms with Crippen LogP contribution in [0.4, 0.5) is 18.0 Å². The van der Waals surface area contributed by atoms with Crippen LogP contribution >= 0.6 is 0 Å². The van der Waals surface area contributed by atoms with Crippen molar-refractivity contribution in [3.05, 3.63) is 24.0 Å². The smallest absolute Gasteiger partial charge is 0.475 e. The zero-order chi connectivity index (χ0) is 21.9. The second-order valence-corrected chi connectivity index (χ2v) is 6.50. The average Bonchev–Trinajstić information content (AvgIpc) is 3.13. The molecule has 2 amide bonds. The molecule has 0 saturated carbocycles. The number of nitrogens with one attached hydrogen (secondary N) is 1. The molecule has 2 rings (SSSR count). The molecule has 0 spiro atoms. The third kappa shape index (κ3) is 9.92. The predicted molar refractivity (Wildman–Crippen MR) is 98.9 cm³/mol. The number of piperidine rings is 1. The Morgan fingerprint density at radius 2 is 1.97 bits per heavy atom. The van der Waals surface area contributed by atoms with Crippen molar-refractivity contribution >= 4 is 12.0 Å². The fourth-order valence-electron chi connectivity index (χ4n) is 2.63. The Morgan fingerprint density at radius 1 is 1.34 bits per heavy atom. The van der Waals surface area contributed by atoms with E-state index >= 15 is 0 Å². The van der Waals surface area contributed by atoms with Crippen molar-refractivity contribution < 1.29 is 27.9 Å². The van der Waals surface area contributed by atoms with Crippen LogP contribution in [-0.4, -0.2) is 62.8 Å². The van der Waals surface area contributed by atoms with Gasteiger partial charge in [0, 0.05) is 19.6 Å². The van der Waals surface area contributed by atoms with Gasteiger partial charge in [0.05, 0.1) is 18.8 Å². The summed E-state index contributed by atoms with van der Waals surface area (Å²) in [6.45, 7) is 5.72. The minimum absolute atomic E-state index is 0.330. The van der Waals surface area contributed by atoms with Gasteiger partial charge in [-0.1, -0.05) is 30.7 Å². The molecule has 0 bridgehead atoms. The van der Waals surface area contributed by atoms with E-state index in [1.54, 1.807) is 0 Å².